The Morgan fingerprint density at radius 3 is 2.64 bits per heavy atom. The number of rotatable bonds is 6. The van der Waals surface area contributed by atoms with Crippen LogP contribution >= 0.6 is 35.7 Å². The summed E-state index contributed by atoms with van der Waals surface area (Å²) in [6.45, 7) is 9.23. The molecule has 1 aromatic rings. The van der Waals surface area contributed by atoms with E-state index in [9.17, 15) is 0 Å². The normalized spacial score (nSPS) is 18.2. The second-order valence-electron chi connectivity index (χ2n) is 6.52. The van der Waals surface area contributed by atoms with Gasteiger partial charge in [0.2, 0.25) is 0 Å². The van der Waals surface area contributed by atoms with Crippen LogP contribution in [0.15, 0.2) is 29.3 Å². The Balaban J connectivity index is 0.00000312. The standard InChI is InChI=1S/C19H32N4S.HI/c1-5-18-15-23(11-12-24-18)19(20-6-2)21-13-16-9-7-8-10-17(16)14-22(3)4;/h7-10,18H,5-6,11-15H2,1-4H3,(H,20,21);1H. The fraction of sp³-hybridized carbons (Fsp3) is 0.632. The van der Waals surface area contributed by atoms with E-state index in [0.717, 1.165) is 43.9 Å². The van der Waals surface area contributed by atoms with E-state index in [-0.39, 0.29) is 24.0 Å². The van der Waals surface area contributed by atoms with Gasteiger partial charge < -0.3 is 15.1 Å². The topological polar surface area (TPSA) is 30.9 Å². The average Bonchev–Trinajstić information content (AvgIpc) is 2.59. The van der Waals surface area contributed by atoms with Gasteiger partial charge in [0.25, 0.3) is 0 Å². The first-order chi connectivity index (χ1) is 11.6. The van der Waals surface area contributed by atoms with Crippen LogP contribution in [-0.2, 0) is 13.1 Å². The van der Waals surface area contributed by atoms with Crippen molar-refractivity contribution in [1.82, 2.24) is 15.1 Å². The molecule has 0 bridgehead atoms. The monoisotopic (exact) mass is 476 g/mol. The Morgan fingerprint density at radius 1 is 1.28 bits per heavy atom. The van der Waals surface area contributed by atoms with Gasteiger partial charge in [0.1, 0.15) is 0 Å². The van der Waals surface area contributed by atoms with Gasteiger partial charge in [-0.05, 0) is 38.6 Å². The average molecular weight is 476 g/mol. The predicted octanol–water partition coefficient (Wildman–Crippen LogP) is 3.66. The molecule has 0 radical (unpaired) electrons. The summed E-state index contributed by atoms with van der Waals surface area (Å²) in [6.07, 6.45) is 1.23. The highest BCUT2D eigenvalue weighted by atomic mass is 127. The van der Waals surface area contributed by atoms with Gasteiger partial charge in [0.15, 0.2) is 5.96 Å². The Kier molecular flexibility index (Phi) is 10.8. The highest BCUT2D eigenvalue weighted by Gasteiger charge is 2.21. The molecule has 1 aromatic carbocycles. The van der Waals surface area contributed by atoms with Gasteiger partial charge in [-0.25, -0.2) is 4.99 Å². The van der Waals surface area contributed by atoms with Crippen molar-refractivity contribution in [2.45, 2.75) is 38.6 Å². The Morgan fingerprint density at radius 2 is 2.00 bits per heavy atom. The molecule has 2 rings (SSSR count). The molecule has 0 amide bonds. The van der Waals surface area contributed by atoms with Crippen LogP contribution in [0.2, 0.25) is 0 Å². The number of guanidine groups is 1. The number of nitrogens with zero attached hydrogens (tertiary/aromatic N) is 3. The molecule has 1 aliphatic rings. The SMILES string of the molecule is CCNC(=NCc1ccccc1CN(C)C)N1CCSC(CC)C1.I. The Labute approximate surface area is 174 Å². The van der Waals surface area contributed by atoms with Crippen LogP contribution in [0.5, 0.6) is 0 Å². The third kappa shape index (κ3) is 7.35. The minimum Gasteiger partial charge on any atom is -0.357 e. The van der Waals surface area contributed by atoms with E-state index in [0.29, 0.717) is 0 Å². The van der Waals surface area contributed by atoms with Gasteiger partial charge in [0, 0.05) is 37.2 Å². The first-order valence-electron chi connectivity index (χ1n) is 9.00. The van der Waals surface area contributed by atoms with Crippen molar-refractivity contribution in [3.8, 4) is 0 Å². The summed E-state index contributed by atoms with van der Waals surface area (Å²) in [5.41, 5.74) is 2.68. The summed E-state index contributed by atoms with van der Waals surface area (Å²) in [5.74, 6) is 2.26. The van der Waals surface area contributed by atoms with E-state index in [1.54, 1.807) is 0 Å². The molecule has 0 aromatic heterocycles. The number of thioether (sulfide) groups is 1. The maximum Gasteiger partial charge on any atom is 0.194 e. The molecular formula is C19H33IN4S. The Hall–Kier alpha value is -0.470. The van der Waals surface area contributed by atoms with E-state index in [1.807, 2.05) is 0 Å². The van der Waals surface area contributed by atoms with Crippen molar-refractivity contribution in [2.24, 2.45) is 4.99 Å². The number of nitrogens with one attached hydrogen (secondary N) is 1. The lowest BCUT2D eigenvalue weighted by atomic mass is 10.1. The van der Waals surface area contributed by atoms with Gasteiger partial charge in [-0.3, -0.25) is 0 Å². The molecule has 1 fully saturated rings. The van der Waals surface area contributed by atoms with Crippen LogP contribution in [0.1, 0.15) is 31.4 Å². The third-order valence-corrected chi connectivity index (χ3v) is 5.60. The number of hydrogen-bond donors (Lipinski definition) is 1. The van der Waals surface area contributed by atoms with E-state index in [2.05, 4.69) is 79.1 Å². The minimum atomic E-state index is 0. The van der Waals surface area contributed by atoms with E-state index in [1.165, 1.54) is 23.3 Å². The van der Waals surface area contributed by atoms with Crippen LogP contribution in [0.25, 0.3) is 0 Å². The predicted molar refractivity (Wildman–Crippen MR) is 122 cm³/mol. The summed E-state index contributed by atoms with van der Waals surface area (Å²) in [7, 11) is 4.22. The van der Waals surface area contributed by atoms with Crippen LogP contribution in [0.4, 0.5) is 0 Å². The smallest absolute Gasteiger partial charge is 0.194 e. The van der Waals surface area contributed by atoms with Crippen LogP contribution in [-0.4, -0.2) is 60.5 Å². The van der Waals surface area contributed by atoms with Crippen molar-refractivity contribution in [2.75, 3.05) is 39.5 Å². The molecule has 0 saturated carbocycles. The third-order valence-electron chi connectivity index (χ3n) is 4.23. The summed E-state index contributed by atoms with van der Waals surface area (Å²) < 4.78 is 0. The lowest BCUT2D eigenvalue weighted by Crippen LogP contribution is -2.48. The van der Waals surface area contributed by atoms with E-state index >= 15 is 0 Å². The first kappa shape index (κ1) is 22.6. The summed E-state index contributed by atoms with van der Waals surface area (Å²) in [6, 6.07) is 8.64. The van der Waals surface area contributed by atoms with E-state index < -0.39 is 0 Å². The van der Waals surface area contributed by atoms with Crippen LogP contribution in [0.3, 0.4) is 0 Å². The Bertz CT molecular complexity index is 536. The minimum absolute atomic E-state index is 0. The number of aliphatic imine (C=N–C) groups is 1. The van der Waals surface area contributed by atoms with Crippen molar-refractivity contribution < 1.29 is 0 Å². The summed E-state index contributed by atoms with van der Waals surface area (Å²) >= 11 is 2.10. The largest absolute Gasteiger partial charge is 0.357 e. The zero-order chi connectivity index (χ0) is 17.4. The zero-order valence-electron chi connectivity index (χ0n) is 16.0. The van der Waals surface area contributed by atoms with Crippen molar-refractivity contribution >= 4 is 41.7 Å². The molecule has 6 heteroatoms. The van der Waals surface area contributed by atoms with Crippen LogP contribution in [0, 0.1) is 0 Å². The van der Waals surface area contributed by atoms with Gasteiger partial charge in [-0.2, -0.15) is 11.8 Å². The molecule has 0 aliphatic carbocycles. The van der Waals surface area contributed by atoms with Gasteiger partial charge in [0.05, 0.1) is 6.54 Å². The zero-order valence-corrected chi connectivity index (χ0v) is 19.1. The lowest BCUT2D eigenvalue weighted by Gasteiger charge is -2.34. The molecule has 1 atom stereocenters. The van der Waals surface area contributed by atoms with Gasteiger partial charge in [-0.15, -0.1) is 24.0 Å². The van der Waals surface area contributed by atoms with Gasteiger partial charge in [-0.1, -0.05) is 31.2 Å². The van der Waals surface area contributed by atoms with Gasteiger partial charge >= 0.3 is 0 Å². The highest BCUT2D eigenvalue weighted by molar-refractivity contribution is 14.0. The maximum atomic E-state index is 4.95. The molecule has 4 nitrogen and oxygen atoms in total. The quantitative estimate of drug-likeness (QED) is 0.386. The lowest BCUT2D eigenvalue weighted by molar-refractivity contribution is 0.400. The second-order valence-corrected chi connectivity index (χ2v) is 7.93. The molecule has 1 aliphatic heterocycles. The molecular weight excluding hydrogens is 443 g/mol. The van der Waals surface area contributed by atoms with Crippen molar-refractivity contribution in [3.63, 3.8) is 0 Å². The molecule has 25 heavy (non-hydrogen) atoms. The number of benzene rings is 1. The molecule has 0 spiro atoms. The van der Waals surface area contributed by atoms with Crippen LogP contribution < -0.4 is 5.32 Å². The van der Waals surface area contributed by atoms with Crippen molar-refractivity contribution in [3.05, 3.63) is 35.4 Å². The highest BCUT2D eigenvalue weighted by Crippen LogP contribution is 2.21. The molecule has 1 N–H and O–H groups in total. The summed E-state index contributed by atoms with van der Waals surface area (Å²) in [5, 5.41) is 4.21. The number of hydrogen-bond acceptors (Lipinski definition) is 3. The fourth-order valence-electron chi connectivity index (χ4n) is 2.95. The fourth-order valence-corrected chi connectivity index (χ4v) is 4.13. The number of halogens is 1. The van der Waals surface area contributed by atoms with Crippen molar-refractivity contribution in [1.29, 1.82) is 0 Å². The van der Waals surface area contributed by atoms with E-state index in [4.69, 9.17) is 4.99 Å². The maximum absolute atomic E-state index is 4.95. The molecule has 1 heterocycles. The first-order valence-corrected chi connectivity index (χ1v) is 10.0. The second kappa shape index (κ2) is 12.0. The summed E-state index contributed by atoms with van der Waals surface area (Å²) in [4.78, 5) is 9.59. The molecule has 1 saturated heterocycles. The molecule has 142 valence electrons. The molecule has 1 unspecified atom stereocenters.